The van der Waals surface area contributed by atoms with Gasteiger partial charge in [-0.25, -0.2) is 9.97 Å². The van der Waals surface area contributed by atoms with Crippen molar-refractivity contribution in [3.63, 3.8) is 0 Å². The van der Waals surface area contributed by atoms with E-state index < -0.39 is 0 Å². The van der Waals surface area contributed by atoms with Crippen molar-refractivity contribution < 1.29 is 9.53 Å². The lowest BCUT2D eigenvalue weighted by Gasteiger charge is -2.17. The van der Waals surface area contributed by atoms with Gasteiger partial charge in [0.05, 0.1) is 13.0 Å². The summed E-state index contributed by atoms with van der Waals surface area (Å²) < 4.78 is 5.59. The van der Waals surface area contributed by atoms with Crippen LogP contribution in [0.15, 0.2) is 10.7 Å². The number of esters is 1. The molecule has 0 spiro atoms. The van der Waals surface area contributed by atoms with Crippen LogP contribution < -0.4 is 5.32 Å². The molecule has 0 saturated heterocycles. The normalized spacial score (nSPS) is 11.2. The third-order valence-electron chi connectivity index (χ3n) is 2.31. The van der Waals surface area contributed by atoms with Crippen molar-refractivity contribution in [2.45, 2.75) is 39.5 Å². The topological polar surface area (TPSA) is 64.1 Å². The SMILES string of the molecule is CCOC(=O)CCNc1cc(Br)nc(C(C)(C)C)n1. The van der Waals surface area contributed by atoms with E-state index >= 15 is 0 Å². The van der Waals surface area contributed by atoms with Crippen LogP contribution in [0.5, 0.6) is 0 Å². The van der Waals surface area contributed by atoms with Crippen LogP contribution in [-0.2, 0) is 14.9 Å². The second-order valence-corrected chi connectivity index (χ2v) is 5.94. The minimum absolute atomic E-state index is 0.124. The minimum atomic E-state index is -0.209. The van der Waals surface area contributed by atoms with Crippen molar-refractivity contribution in [1.82, 2.24) is 9.97 Å². The molecule has 1 aromatic rings. The first-order chi connectivity index (χ1) is 8.82. The maximum Gasteiger partial charge on any atom is 0.307 e. The number of rotatable bonds is 5. The highest BCUT2D eigenvalue weighted by molar-refractivity contribution is 9.10. The molecule has 19 heavy (non-hydrogen) atoms. The summed E-state index contributed by atoms with van der Waals surface area (Å²) in [4.78, 5) is 20.0. The summed E-state index contributed by atoms with van der Waals surface area (Å²) in [5.41, 5.74) is -0.124. The van der Waals surface area contributed by atoms with Crippen LogP contribution in [0.4, 0.5) is 5.82 Å². The second kappa shape index (κ2) is 6.84. The molecular formula is C13H20BrN3O2. The Morgan fingerprint density at radius 2 is 2.11 bits per heavy atom. The van der Waals surface area contributed by atoms with Crippen LogP contribution in [0.25, 0.3) is 0 Å². The Morgan fingerprint density at radius 3 is 2.68 bits per heavy atom. The van der Waals surface area contributed by atoms with E-state index in [9.17, 15) is 4.79 Å². The van der Waals surface area contributed by atoms with Crippen LogP contribution in [-0.4, -0.2) is 29.1 Å². The molecule has 1 aromatic heterocycles. The molecule has 0 saturated carbocycles. The number of hydrogen-bond acceptors (Lipinski definition) is 5. The monoisotopic (exact) mass is 329 g/mol. The standard InChI is InChI=1S/C13H20BrN3O2/c1-5-19-11(18)6-7-15-10-8-9(14)16-12(17-10)13(2,3)4/h8H,5-7H2,1-4H3,(H,15,16,17). The third-order valence-corrected chi connectivity index (χ3v) is 2.71. The summed E-state index contributed by atoms with van der Waals surface area (Å²) in [6.07, 6.45) is 0.320. The molecule has 0 fully saturated rings. The Labute approximate surface area is 122 Å². The van der Waals surface area contributed by atoms with Crippen molar-refractivity contribution in [2.24, 2.45) is 0 Å². The van der Waals surface area contributed by atoms with E-state index in [4.69, 9.17) is 4.74 Å². The number of nitrogens with zero attached hydrogens (tertiary/aromatic N) is 2. The average molecular weight is 330 g/mol. The van der Waals surface area contributed by atoms with Crippen molar-refractivity contribution in [1.29, 1.82) is 0 Å². The van der Waals surface area contributed by atoms with Gasteiger partial charge in [0.15, 0.2) is 0 Å². The molecule has 6 heteroatoms. The highest BCUT2D eigenvalue weighted by Gasteiger charge is 2.18. The van der Waals surface area contributed by atoms with Gasteiger partial charge >= 0.3 is 5.97 Å². The van der Waals surface area contributed by atoms with Gasteiger partial charge in [-0.05, 0) is 22.9 Å². The number of carbonyl (C=O) groups is 1. The number of carbonyl (C=O) groups excluding carboxylic acids is 1. The van der Waals surface area contributed by atoms with Crippen LogP contribution in [0.1, 0.15) is 39.9 Å². The van der Waals surface area contributed by atoms with Crippen LogP contribution in [0.3, 0.4) is 0 Å². The Kier molecular flexibility index (Phi) is 5.72. The van der Waals surface area contributed by atoms with Gasteiger partial charge in [0.2, 0.25) is 0 Å². The lowest BCUT2D eigenvalue weighted by molar-refractivity contribution is -0.142. The molecule has 0 radical (unpaired) electrons. The number of halogens is 1. The van der Waals surface area contributed by atoms with E-state index in [1.54, 1.807) is 13.0 Å². The number of nitrogens with one attached hydrogen (secondary N) is 1. The maximum atomic E-state index is 11.2. The molecule has 1 N–H and O–H groups in total. The number of anilines is 1. The lowest BCUT2D eigenvalue weighted by Crippen LogP contribution is -2.18. The molecule has 0 aliphatic rings. The summed E-state index contributed by atoms with van der Waals surface area (Å²) in [5, 5.41) is 3.11. The first-order valence-electron chi connectivity index (χ1n) is 6.27. The molecule has 1 heterocycles. The average Bonchev–Trinajstić information content (AvgIpc) is 2.27. The molecule has 0 aliphatic carbocycles. The number of ether oxygens (including phenoxy) is 1. The molecule has 5 nitrogen and oxygen atoms in total. The van der Waals surface area contributed by atoms with Gasteiger partial charge in [-0.2, -0.15) is 0 Å². The number of hydrogen-bond donors (Lipinski definition) is 1. The largest absolute Gasteiger partial charge is 0.466 e. The first kappa shape index (κ1) is 15.9. The van der Waals surface area contributed by atoms with Crippen molar-refractivity contribution >= 4 is 27.7 Å². The fraction of sp³-hybridized carbons (Fsp3) is 0.615. The van der Waals surface area contributed by atoms with Gasteiger partial charge in [-0.1, -0.05) is 20.8 Å². The minimum Gasteiger partial charge on any atom is -0.466 e. The van der Waals surface area contributed by atoms with Gasteiger partial charge in [0.25, 0.3) is 0 Å². The zero-order valence-electron chi connectivity index (χ0n) is 11.8. The molecule has 0 bridgehead atoms. The van der Waals surface area contributed by atoms with E-state index in [2.05, 4.69) is 52.0 Å². The smallest absolute Gasteiger partial charge is 0.307 e. The third kappa shape index (κ3) is 5.55. The Bertz CT molecular complexity index is 444. The van der Waals surface area contributed by atoms with Gasteiger partial charge in [0.1, 0.15) is 16.2 Å². The second-order valence-electron chi connectivity index (χ2n) is 5.13. The zero-order chi connectivity index (χ0) is 14.5. The molecule has 0 aliphatic heterocycles. The first-order valence-corrected chi connectivity index (χ1v) is 7.06. The zero-order valence-corrected chi connectivity index (χ0v) is 13.4. The Balaban J connectivity index is 2.64. The van der Waals surface area contributed by atoms with Crippen molar-refractivity contribution in [3.05, 3.63) is 16.5 Å². The molecule has 106 valence electrons. The summed E-state index contributed by atoms with van der Waals surface area (Å²) >= 11 is 3.37. The van der Waals surface area contributed by atoms with E-state index in [1.165, 1.54) is 0 Å². The fourth-order valence-electron chi connectivity index (χ4n) is 1.37. The van der Waals surface area contributed by atoms with Crippen molar-refractivity contribution in [2.75, 3.05) is 18.5 Å². The lowest BCUT2D eigenvalue weighted by atomic mass is 9.96. The summed E-state index contributed by atoms with van der Waals surface area (Å²) in [6, 6.07) is 1.79. The van der Waals surface area contributed by atoms with Gasteiger partial charge in [-0.15, -0.1) is 0 Å². The van der Waals surface area contributed by atoms with E-state index in [0.29, 0.717) is 25.4 Å². The van der Waals surface area contributed by atoms with Gasteiger partial charge in [-0.3, -0.25) is 4.79 Å². The number of aromatic nitrogens is 2. The van der Waals surface area contributed by atoms with Crippen LogP contribution in [0.2, 0.25) is 0 Å². The fourth-order valence-corrected chi connectivity index (χ4v) is 1.75. The van der Waals surface area contributed by atoms with E-state index in [0.717, 1.165) is 10.4 Å². The highest BCUT2D eigenvalue weighted by atomic mass is 79.9. The molecule has 1 rings (SSSR count). The van der Waals surface area contributed by atoms with E-state index in [1.807, 2.05) is 0 Å². The van der Waals surface area contributed by atoms with Crippen LogP contribution in [0, 0.1) is 0 Å². The Morgan fingerprint density at radius 1 is 1.42 bits per heavy atom. The molecule has 0 aromatic carbocycles. The highest BCUT2D eigenvalue weighted by Crippen LogP contribution is 2.22. The quantitative estimate of drug-likeness (QED) is 0.664. The molecule has 0 unspecified atom stereocenters. The molecular weight excluding hydrogens is 310 g/mol. The van der Waals surface area contributed by atoms with Crippen molar-refractivity contribution in [3.8, 4) is 0 Å². The summed E-state index contributed by atoms with van der Waals surface area (Å²) in [7, 11) is 0. The molecule has 0 amide bonds. The predicted octanol–water partition coefficient (Wildman–Crippen LogP) is 2.90. The van der Waals surface area contributed by atoms with E-state index in [-0.39, 0.29) is 11.4 Å². The predicted molar refractivity (Wildman–Crippen MR) is 78.2 cm³/mol. The summed E-state index contributed by atoms with van der Waals surface area (Å²) in [5.74, 6) is 1.25. The Hall–Kier alpha value is -1.17. The molecule has 0 atom stereocenters. The summed E-state index contributed by atoms with van der Waals surface area (Å²) in [6.45, 7) is 8.85. The van der Waals surface area contributed by atoms with Crippen LogP contribution >= 0.6 is 15.9 Å². The van der Waals surface area contributed by atoms with Gasteiger partial charge < -0.3 is 10.1 Å². The van der Waals surface area contributed by atoms with Gasteiger partial charge in [0, 0.05) is 18.0 Å². The maximum absolute atomic E-state index is 11.2.